The van der Waals surface area contributed by atoms with Crippen molar-refractivity contribution >= 4 is 17.7 Å². The predicted octanol–water partition coefficient (Wildman–Crippen LogP) is 2.21. The summed E-state index contributed by atoms with van der Waals surface area (Å²) in [6.45, 7) is 1.50. The smallest absolute Gasteiger partial charge is 0.310 e. The minimum absolute atomic E-state index is 0.0640. The highest BCUT2D eigenvalue weighted by Crippen LogP contribution is 2.49. The van der Waals surface area contributed by atoms with E-state index in [2.05, 4.69) is 9.88 Å². The maximum Gasteiger partial charge on any atom is 0.310 e. The number of nitrogen functional groups attached to an aromatic ring is 1. The maximum atomic E-state index is 11.8. The Labute approximate surface area is 142 Å². The first-order valence-corrected chi connectivity index (χ1v) is 9.13. The van der Waals surface area contributed by atoms with Gasteiger partial charge in [0.15, 0.2) is 0 Å². The van der Waals surface area contributed by atoms with E-state index in [1.54, 1.807) is 0 Å². The Morgan fingerprint density at radius 3 is 2.75 bits per heavy atom. The van der Waals surface area contributed by atoms with Crippen LogP contribution in [0.25, 0.3) is 0 Å². The Balaban J connectivity index is 1.70. The minimum Gasteiger partial charge on any atom is -0.469 e. The molecule has 1 aromatic heterocycles. The van der Waals surface area contributed by atoms with Gasteiger partial charge in [-0.1, -0.05) is 12.8 Å². The number of nitrogens with two attached hydrogens (primary N) is 1. The van der Waals surface area contributed by atoms with E-state index in [-0.39, 0.29) is 17.3 Å². The van der Waals surface area contributed by atoms with E-state index >= 15 is 0 Å². The van der Waals surface area contributed by atoms with Gasteiger partial charge in [-0.05, 0) is 38.5 Å². The number of methoxy groups -OCH3 is 1. The predicted molar refractivity (Wildman–Crippen MR) is 91.9 cm³/mol. The quantitative estimate of drug-likeness (QED) is 0.837. The second-order valence-corrected chi connectivity index (χ2v) is 7.53. The van der Waals surface area contributed by atoms with E-state index < -0.39 is 0 Å². The molecular formula is C18H26N4O2. The second-order valence-electron chi connectivity index (χ2n) is 7.53. The summed E-state index contributed by atoms with van der Waals surface area (Å²) < 4.78 is 4.91. The van der Waals surface area contributed by atoms with Crippen molar-refractivity contribution in [2.75, 3.05) is 30.8 Å². The van der Waals surface area contributed by atoms with Crippen molar-refractivity contribution in [2.45, 2.75) is 56.8 Å². The molecule has 6 heteroatoms. The Morgan fingerprint density at radius 1 is 1.25 bits per heavy atom. The first-order chi connectivity index (χ1) is 11.6. The molecule has 130 valence electrons. The van der Waals surface area contributed by atoms with Gasteiger partial charge in [0.05, 0.1) is 18.7 Å². The van der Waals surface area contributed by atoms with Crippen LogP contribution >= 0.6 is 0 Å². The largest absolute Gasteiger partial charge is 0.469 e. The van der Waals surface area contributed by atoms with Crippen LogP contribution in [0, 0.1) is 5.92 Å². The zero-order chi connectivity index (χ0) is 16.7. The molecule has 1 aromatic rings. The van der Waals surface area contributed by atoms with E-state index in [1.807, 2.05) is 0 Å². The second kappa shape index (κ2) is 5.90. The molecule has 3 aliphatic rings. The van der Waals surface area contributed by atoms with Crippen LogP contribution < -0.4 is 10.6 Å². The normalized spacial score (nSPS) is 25.0. The number of rotatable bonds is 2. The van der Waals surface area contributed by atoms with Crippen LogP contribution in [0.4, 0.5) is 11.8 Å². The average Bonchev–Trinajstić information content (AvgIpc) is 3.25. The highest BCUT2D eigenvalue weighted by atomic mass is 16.5. The van der Waals surface area contributed by atoms with Crippen LogP contribution in [0.2, 0.25) is 0 Å². The molecule has 6 nitrogen and oxygen atoms in total. The lowest BCUT2D eigenvalue weighted by molar-refractivity contribution is -0.144. The number of ether oxygens (including phenoxy) is 1. The van der Waals surface area contributed by atoms with E-state index in [1.165, 1.54) is 56.9 Å². The Morgan fingerprint density at radius 2 is 2.00 bits per heavy atom. The third-order valence-electron chi connectivity index (χ3n) is 6.17. The highest BCUT2D eigenvalue weighted by Gasteiger charge is 2.43. The average molecular weight is 330 g/mol. The van der Waals surface area contributed by atoms with Gasteiger partial charge in [-0.25, -0.2) is 4.98 Å². The number of fused-ring (bicyclic) bond motifs is 2. The third kappa shape index (κ3) is 2.43. The molecular weight excluding hydrogens is 304 g/mol. The van der Waals surface area contributed by atoms with Crippen molar-refractivity contribution in [1.29, 1.82) is 0 Å². The van der Waals surface area contributed by atoms with Crippen LogP contribution in [-0.4, -0.2) is 36.1 Å². The standard InChI is InChI=1S/C18H26N4O2/c1-24-16(23)12-6-10-22(11-12)15-13-5-4-9-18(7-2-3-8-18)14(13)20-17(19)21-15/h12H,2-11H2,1H3,(H2,19,20,21). The molecule has 2 fully saturated rings. The molecule has 0 amide bonds. The molecule has 0 radical (unpaired) electrons. The maximum absolute atomic E-state index is 11.8. The summed E-state index contributed by atoms with van der Waals surface area (Å²) in [4.78, 5) is 23.3. The van der Waals surface area contributed by atoms with Gasteiger partial charge in [-0.3, -0.25) is 4.79 Å². The number of esters is 1. The van der Waals surface area contributed by atoms with E-state index in [0.29, 0.717) is 12.5 Å². The molecule has 2 aliphatic carbocycles. The van der Waals surface area contributed by atoms with Gasteiger partial charge in [-0.15, -0.1) is 0 Å². The molecule has 1 saturated heterocycles. The van der Waals surface area contributed by atoms with E-state index in [0.717, 1.165) is 25.2 Å². The topological polar surface area (TPSA) is 81.3 Å². The molecule has 1 aliphatic heterocycles. The molecule has 1 unspecified atom stereocenters. The van der Waals surface area contributed by atoms with Crippen LogP contribution in [-0.2, 0) is 21.4 Å². The van der Waals surface area contributed by atoms with Crippen LogP contribution in [0.1, 0.15) is 56.2 Å². The van der Waals surface area contributed by atoms with Crippen LogP contribution in [0.15, 0.2) is 0 Å². The Bertz CT molecular complexity index is 655. The van der Waals surface area contributed by atoms with Gasteiger partial charge in [-0.2, -0.15) is 4.98 Å². The van der Waals surface area contributed by atoms with Gasteiger partial charge < -0.3 is 15.4 Å². The van der Waals surface area contributed by atoms with Crippen molar-refractivity contribution in [3.05, 3.63) is 11.3 Å². The first kappa shape index (κ1) is 15.7. The van der Waals surface area contributed by atoms with Crippen molar-refractivity contribution in [1.82, 2.24) is 9.97 Å². The molecule has 1 saturated carbocycles. The summed E-state index contributed by atoms with van der Waals surface area (Å²) in [6, 6.07) is 0. The molecule has 2 heterocycles. The van der Waals surface area contributed by atoms with Crippen molar-refractivity contribution < 1.29 is 9.53 Å². The molecule has 24 heavy (non-hydrogen) atoms. The molecule has 4 rings (SSSR count). The third-order valence-corrected chi connectivity index (χ3v) is 6.17. The van der Waals surface area contributed by atoms with Crippen LogP contribution in [0.5, 0.6) is 0 Å². The Hall–Kier alpha value is -1.85. The number of hydrogen-bond acceptors (Lipinski definition) is 6. The number of hydrogen-bond donors (Lipinski definition) is 1. The summed E-state index contributed by atoms with van der Waals surface area (Å²) in [6.07, 6.45) is 9.27. The number of carbonyl (C=O) groups is 1. The summed E-state index contributed by atoms with van der Waals surface area (Å²) in [7, 11) is 1.46. The Kier molecular flexibility index (Phi) is 3.85. The SMILES string of the molecule is COC(=O)C1CCN(c2nc(N)nc3c2CCCC32CCCC2)C1. The summed E-state index contributed by atoms with van der Waals surface area (Å²) in [5.74, 6) is 1.15. The van der Waals surface area contributed by atoms with Crippen molar-refractivity contribution in [2.24, 2.45) is 5.92 Å². The monoisotopic (exact) mass is 330 g/mol. The summed E-state index contributed by atoms with van der Waals surface area (Å²) in [5.41, 5.74) is 8.79. The van der Waals surface area contributed by atoms with E-state index in [9.17, 15) is 4.79 Å². The van der Waals surface area contributed by atoms with Gasteiger partial charge in [0, 0.05) is 24.1 Å². The summed E-state index contributed by atoms with van der Waals surface area (Å²) in [5, 5.41) is 0. The summed E-state index contributed by atoms with van der Waals surface area (Å²) >= 11 is 0. The lowest BCUT2D eigenvalue weighted by Crippen LogP contribution is -2.33. The zero-order valence-electron chi connectivity index (χ0n) is 14.4. The minimum atomic E-state index is -0.124. The first-order valence-electron chi connectivity index (χ1n) is 9.13. The lowest BCUT2D eigenvalue weighted by Gasteiger charge is -2.36. The number of nitrogens with zero attached hydrogens (tertiary/aromatic N) is 3. The lowest BCUT2D eigenvalue weighted by atomic mass is 9.71. The van der Waals surface area contributed by atoms with Crippen LogP contribution in [0.3, 0.4) is 0 Å². The fraction of sp³-hybridized carbons (Fsp3) is 0.722. The molecule has 2 N–H and O–H groups in total. The zero-order valence-corrected chi connectivity index (χ0v) is 14.4. The van der Waals surface area contributed by atoms with E-state index in [4.69, 9.17) is 15.5 Å². The van der Waals surface area contributed by atoms with Gasteiger partial charge >= 0.3 is 5.97 Å². The van der Waals surface area contributed by atoms with Crippen molar-refractivity contribution in [3.63, 3.8) is 0 Å². The molecule has 1 spiro atoms. The van der Waals surface area contributed by atoms with Gasteiger partial charge in [0.2, 0.25) is 5.95 Å². The fourth-order valence-electron chi connectivity index (χ4n) is 4.99. The fourth-order valence-corrected chi connectivity index (χ4v) is 4.99. The number of carbonyl (C=O) groups excluding carboxylic acids is 1. The molecule has 0 aromatic carbocycles. The highest BCUT2D eigenvalue weighted by molar-refractivity contribution is 5.74. The number of anilines is 2. The molecule has 0 bridgehead atoms. The van der Waals surface area contributed by atoms with Gasteiger partial charge in [0.1, 0.15) is 5.82 Å². The van der Waals surface area contributed by atoms with Gasteiger partial charge in [0.25, 0.3) is 0 Å². The molecule has 1 atom stereocenters. The number of aromatic nitrogens is 2. The van der Waals surface area contributed by atoms with Crippen molar-refractivity contribution in [3.8, 4) is 0 Å².